The van der Waals surface area contributed by atoms with Gasteiger partial charge in [-0.1, -0.05) is 23.7 Å². The molecule has 0 fully saturated rings. The van der Waals surface area contributed by atoms with Crippen LogP contribution in [-0.4, -0.2) is 47.4 Å². The number of para-hydroxylation sites is 2. The number of anilines is 2. The molecule has 0 spiro atoms. The molecule has 0 aromatic heterocycles. The van der Waals surface area contributed by atoms with E-state index in [0.29, 0.717) is 33.6 Å². The molecule has 0 radical (unpaired) electrons. The number of methoxy groups -OCH3 is 2. The second-order valence-electron chi connectivity index (χ2n) is 6.37. The van der Waals surface area contributed by atoms with Crippen LogP contribution in [0.2, 0.25) is 5.02 Å². The second-order valence-corrected chi connectivity index (χ2v) is 8.69. The number of halogens is 1. The van der Waals surface area contributed by atoms with Gasteiger partial charge in [0.15, 0.2) is 6.10 Å². The smallest absolute Gasteiger partial charge is 0.265 e. The first-order valence-corrected chi connectivity index (χ1v) is 10.9. The van der Waals surface area contributed by atoms with Crippen molar-refractivity contribution in [2.24, 2.45) is 0 Å². The highest BCUT2D eigenvalue weighted by Gasteiger charge is 2.31. The van der Waals surface area contributed by atoms with Crippen molar-refractivity contribution < 1.29 is 27.4 Å². The average molecular weight is 441 g/mol. The van der Waals surface area contributed by atoms with Gasteiger partial charge in [0.05, 0.1) is 36.9 Å². The highest BCUT2D eigenvalue weighted by molar-refractivity contribution is 7.92. The third-order valence-electron chi connectivity index (χ3n) is 4.42. The molecule has 3 rings (SSSR count). The summed E-state index contributed by atoms with van der Waals surface area (Å²) < 4.78 is 41.9. The van der Waals surface area contributed by atoms with Crippen LogP contribution in [-0.2, 0) is 14.8 Å². The maximum Gasteiger partial charge on any atom is 0.265 e. The summed E-state index contributed by atoms with van der Waals surface area (Å²) in [6, 6.07) is 9.78. The molecule has 1 atom stereocenters. The zero-order valence-corrected chi connectivity index (χ0v) is 17.7. The number of sulfonamides is 1. The van der Waals surface area contributed by atoms with Crippen molar-refractivity contribution in [1.29, 1.82) is 0 Å². The number of hydrogen-bond donors (Lipinski definition) is 1. The number of carbonyl (C=O) groups is 1. The van der Waals surface area contributed by atoms with Gasteiger partial charge < -0.3 is 19.5 Å². The van der Waals surface area contributed by atoms with Gasteiger partial charge in [-0.15, -0.1) is 0 Å². The molecule has 1 N–H and O–H groups in total. The van der Waals surface area contributed by atoms with Crippen LogP contribution in [0, 0.1) is 0 Å². The first kappa shape index (κ1) is 21.1. The number of carbonyl (C=O) groups excluding carboxylic acids is 1. The Hall–Kier alpha value is -2.65. The van der Waals surface area contributed by atoms with Gasteiger partial charge >= 0.3 is 0 Å². The molecule has 1 aliphatic rings. The second kappa shape index (κ2) is 8.38. The average Bonchev–Trinajstić information content (AvgIpc) is 2.88. The van der Waals surface area contributed by atoms with E-state index in [1.54, 1.807) is 30.3 Å². The number of benzene rings is 2. The first-order valence-electron chi connectivity index (χ1n) is 8.70. The molecule has 1 heterocycles. The lowest BCUT2D eigenvalue weighted by Crippen LogP contribution is -2.36. The predicted octanol–water partition coefficient (Wildman–Crippen LogP) is 2.91. The van der Waals surface area contributed by atoms with E-state index in [9.17, 15) is 13.2 Å². The molecule has 29 heavy (non-hydrogen) atoms. The molecule has 0 unspecified atom stereocenters. The molecule has 0 saturated heterocycles. The quantitative estimate of drug-likeness (QED) is 0.768. The van der Waals surface area contributed by atoms with Crippen molar-refractivity contribution in [2.75, 3.05) is 36.6 Å². The number of hydrogen-bond acceptors (Lipinski definition) is 6. The maximum absolute atomic E-state index is 12.9. The van der Waals surface area contributed by atoms with Crippen LogP contribution in [0.5, 0.6) is 17.2 Å². The van der Waals surface area contributed by atoms with Crippen molar-refractivity contribution in [3.8, 4) is 17.2 Å². The molecular formula is C19H21ClN2O6S. The highest BCUT2D eigenvalue weighted by atomic mass is 35.5. The van der Waals surface area contributed by atoms with Crippen LogP contribution in [0.4, 0.5) is 11.4 Å². The largest absolute Gasteiger partial charge is 0.495 e. The third kappa shape index (κ3) is 4.51. The van der Waals surface area contributed by atoms with Gasteiger partial charge in [-0.05, 0) is 12.1 Å². The van der Waals surface area contributed by atoms with Crippen molar-refractivity contribution >= 4 is 38.9 Å². The summed E-state index contributed by atoms with van der Waals surface area (Å²) >= 11 is 6.10. The van der Waals surface area contributed by atoms with Crippen LogP contribution in [0.15, 0.2) is 36.4 Å². The van der Waals surface area contributed by atoms with Gasteiger partial charge in [0, 0.05) is 25.1 Å². The minimum Gasteiger partial charge on any atom is -0.495 e. The number of amides is 1. The SMILES string of the molecule is COc1cc(NC(=O)[C@@H]2CCN(S(C)(=O)=O)c3ccccc3O2)c(OC)cc1Cl. The summed E-state index contributed by atoms with van der Waals surface area (Å²) in [4.78, 5) is 12.9. The number of rotatable bonds is 5. The Morgan fingerprint density at radius 3 is 2.55 bits per heavy atom. The fraction of sp³-hybridized carbons (Fsp3) is 0.316. The molecule has 156 valence electrons. The minimum absolute atomic E-state index is 0.106. The number of nitrogens with zero attached hydrogens (tertiary/aromatic N) is 1. The van der Waals surface area contributed by atoms with Crippen molar-refractivity contribution in [2.45, 2.75) is 12.5 Å². The van der Waals surface area contributed by atoms with E-state index in [1.165, 1.54) is 24.6 Å². The summed E-state index contributed by atoms with van der Waals surface area (Å²) in [5, 5.41) is 3.09. The van der Waals surface area contributed by atoms with Gasteiger partial charge in [-0.2, -0.15) is 0 Å². The number of nitrogens with one attached hydrogen (secondary N) is 1. The van der Waals surface area contributed by atoms with Gasteiger partial charge in [-0.25, -0.2) is 8.42 Å². The molecule has 0 aliphatic carbocycles. The Bertz CT molecular complexity index is 1030. The molecule has 2 aromatic rings. The van der Waals surface area contributed by atoms with Crippen molar-refractivity contribution in [1.82, 2.24) is 0 Å². The monoisotopic (exact) mass is 440 g/mol. The summed E-state index contributed by atoms with van der Waals surface area (Å²) in [7, 11) is -0.607. The molecule has 2 aromatic carbocycles. The summed E-state index contributed by atoms with van der Waals surface area (Å²) in [6.45, 7) is 0.106. The summed E-state index contributed by atoms with van der Waals surface area (Å²) in [5.41, 5.74) is 0.760. The highest BCUT2D eigenvalue weighted by Crippen LogP contribution is 2.37. The van der Waals surface area contributed by atoms with Gasteiger partial charge in [0.1, 0.15) is 17.2 Å². The number of ether oxygens (including phenoxy) is 3. The molecule has 10 heteroatoms. The fourth-order valence-corrected chi connectivity index (χ4v) is 4.21. The van der Waals surface area contributed by atoms with Crippen LogP contribution >= 0.6 is 11.6 Å². The van der Waals surface area contributed by atoms with E-state index >= 15 is 0 Å². The Morgan fingerprint density at radius 2 is 1.90 bits per heavy atom. The number of fused-ring (bicyclic) bond motifs is 1. The Kier molecular flexibility index (Phi) is 6.09. The van der Waals surface area contributed by atoms with Crippen molar-refractivity contribution in [3.63, 3.8) is 0 Å². The maximum atomic E-state index is 12.9. The van der Waals surface area contributed by atoms with E-state index in [1.807, 2.05) is 0 Å². The normalized spacial score (nSPS) is 16.3. The van der Waals surface area contributed by atoms with E-state index < -0.39 is 22.0 Å². The van der Waals surface area contributed by atoms with Gasteiger partial charge in [-0.3, -0.25) is 9.10 Å². The Labute approximate surface area is 174 Å². The van der Waals surface area contributed by atoms with E-state index in [4.69, 9.17) is 25.8 Å². The van der Waals surface area contributed by atoms with Crippen LogP contribution in [0.3, 0.4) is 0 Å². The molecule has 0 bridgehead atoms. The lowest BCUT2D eigenvalue weighted by molar-refractivity contribution is -0.122. The lowest BCUT2D eigenvalue weighted by atomic mass is 10.2. The Morgan fingerprint density at radius 1 is 1.21 bits per heavy atom. The molecular weight excluding hydrogens is 420 g/mol. The van der Waals surface area contributed by atoms with E-state index in [0.717, 1.165) is 6.26 Å². The fourth-order valence-electron chi connectivity index (χ4n) is 3.03. The zero-order chi connectivity index (χ0) is 21.2. The van der Waals surface area contributed by atoms with Gasteiger partial charge in [0.2, 0.25) is 10.0 Å². The third-order valence-corrected chi connectivity index (χ3v) is 5.90. The standard InChI is InChI=1S/C19H21ClN2O6S/c1-26-17-11-13(18(27-2)10-12(17)20)21-19(23)16-8-9-22(29(3,24)25)14-6-4-5-7-15(14)28-16/h4-7,10-11,16H,8-9H2,1-3H3,(H,21,23)/t16-/m0/s1. The summed E-state index contributed by atoms with van der Waals surface area (Å²) in [5.74, 6) is 0.600. The molecule has 8 nitrogen and oxygen atoms in total. The predicted molar refractivity (Wildman–Crippen MR) is 111 cm³/mol. The van der Waals surface area contributed by atoms with Crippen LogP contribution in [0.1, 0.15) is 6.42 Å². The first-order chi connectivity index (χ1) is 13.7. The topological polar surface area (TPSA) is 94.2 Å². The Balaban J connectivity index is 1.88. The lowest BCUT2D eigenvalue weighted by Gasteiger charge is -2.20. The minimum atomic E-state index is -3.52. The van der Waals surface area contributed by atoms with Gasteiger partial charge in [0.25, 0.3) is 5.91 Å². The molecule has 1 amide bonds. The van der Waals surface area contributed by atoms with Crippen LogP contribution < -0.4 is 23.8 Å². The summed E-state index contributed by atoms with van der Waals surface area (Å²) in [6.07, 6.45) is 0.379. The zero-order valence-electron chi connectivity index (χ0n) is 16.1. The van der Waals surface area contributed by atoms with Crippen LogP contribution in [0.25, 0.3) is 0 Å². The molecule has 0 saturated carbocycles. The molecule has 1 aliphatic heterocycles. The van der Waals surface area contributed by atoms with E-state index in [2.05, 4.69) is 5.32 Å². The van der Waals surface area contributed by atoms with Crippen molar-refractivity contribution in [3.05, 3.63) is 41.4 Å². The van der Waals surface area contributed by atoms with E-state index in [-0.39, 0.29) is 13.0 Å².